The lowest BCUT2D eigenvalue weighted by molar-refractivity contribution is -0.158. The average molecular weight is 366 g/mol. The molecule has 1 atom stereocenters. The number of esters is 1. The number of carbonyl (C=O) groups excluding carboxylic acids is 1. The molecule has 136 valence electrons. The maximum absolute atomic E-state index is 12.9. The van der Waals surface area contributed by atoms with Crippen molar-refractivity contribution in [3.8, 4) is 0 Å². The number of rotatable bonds is 3. The summed E-state index contributed by atoms with van der Waals surface area (Å²) >= 11 is 5.78. The fraction of sp³-hybridized carbons (Fsp3) is 0.588. The van der Waals surface area contributed by atoms with Crippen LogP contribution in [0.25, 0.3) is 0 Å². The minimum absolute atomic E-state index is 0.0656. The van der Waals surface area contributed by atoms with Crippen molar-refractivity contribution in [3.63, 3.8) is 0 Å². The molecule has 0 aliphatic rings. The fourth-order valence-corrected chi connectivity index (χ4v) is 2.23. The number of hydrogen-bond donors (Lipinski definition) is 1. The van der Waals surface area contributed by atoms with Crippen LogP contribution in [0.3, 0.4) is 0 Å². The van der Waals surface area contributed by atoms with E-state index in [1.807, 2.05) is 0 Å². The number of benzene rings is 1. The molecule has 1 unspecified atom stereocenters. The number of ether oxygens (including phenoxy) is 1. The third-order valence-corrected chi connectivity index (χ3v) is 3.26. The normalized spacial score (nSPS) is 14.2. The highest BCUT2D eigenvalue weighted by molar-refractivity contribution is 6.31. The summed E-state index contributed by atoms with van der Waals surface area (Å²) in [7, 11) is 0. The molecule has 0 heterocycles. The molecular weight excluding hydrogens is 343 g/mol. The molecular formula is C17H23ClF3NO2. The summed E-state index contributed by atoms with van der Waals surface area (Å²) in [5.74, 6) is -0.538. The second-order valence-electron chi connectivity index (χ2n) is 7.70. The highest BCUT2D eigenvalue weighted by atomic mass is 35.5. The Morgan fingerprint density at radius 3 is 2.04 bits per heavy atom. The number of carbonyl (C=O) groups is 1. The van der Waals surface area contributed by atoms with E-state index in [0.717, 1.165) is 12.1 Å². The summed E-state index contributed by atoms with van der Waals surface area (Å²) in [6.45, 7) is 10.6. The lowest BCUT2D eigenvalue weighted by Gasteiger charge is -2.33. The molecule has 1 aromatic carbocycles. The van der Waals surface area contributed by atoms with Crippen LogP contribution >= 0.6 is 11.6 Å². The van der Waals surface area contributed by atoms with Crippen LogP contribution in [0.2, 0.25) is 5.02 Å². The van der Waals surface area contributed by atoms with Gasteiger partial charge in [0.2, 0.25) is 0 Å². The van der Waals surface area contributed by atoms with Crippen molar-refractivity contribution in [2.45, 2.75) is 59.4 Å². The Balaban J connectivity index is 3.17. The zero-order chi connectivity index (χ0) is 18.9. The Hall–Kier alpha value is -1.43. The van der Waals surface area contributed by atoms with E-state index in [1.165, 1.54) is 6.07 Å². The first-order valence-electron chi connectivity index (χ1n) is 7.47. The first kappa shape index (κ1) is 20.6. The smallest absolute Gasteiger partial charge is 0.416 e. The Bertz CT molecular complexity index is 601. The van der Waals surface area contributed by atoms with Gasteiger partial charge >= 0.3 is 12.1 Å². The maximum atomic E-state index is 12.9. The van der Waals surface area contributed by atoms with E-state index >= 15 is 0 Å². The van der Waals surface area contributed by atoms with Crippen molar-refractivity contribution < 1.29 is 22.7 Å². The molecule has 0 saturated carbocycles. The summed E-state index contributed by atoms with van der Waals surface area (Å²) in [5, 5.41) is 2.77. The topological polar surface area (TPSA) is 38.3 Å². The Morgan fingerprint density at radius 1 is 1.08 bits per heavy atom. The van der Waals surface area contributed by atoms with Crippen molar-refractivity contribution in [2.24, 2.45) is 5.41 Å². The molecule has 0 amide bonds. The summed E-state index contributed by atoms with van der Waals surface area (Å²) in [6.07, 6.45) is -4.52. The molecule has 7 heteroatoms. The predicted molar refractivity (Wildman–Crippen MR) is 89.2 cm³/mol. The van der Waals surface area contributed by atoms with Gasteiger partial charge in [0.05, 0.1) is 5.56 Å². The molecule has 0 spiro atoms. The lowest BCUT2D eigenvalue weighted by atomic mass is 9.86. The molecule has 0 aromatic heterocycles. The second kappa shape index (κ2) is 6.82. The molecule has 0 aliphatic heterocycles. The van der Waals surface area contributed by atoms with Gasteiger partial charge in [-0.2, -0.15) is 13.2 Å². The Morgan fingerprint density at radius 2 is 1.62 bits per heavy atom. The maximum Gasteiger partial charge on any atom is 0.416 e. The van der Waals surface area contributed by atoms with Gasteiger partial charge in [-0.1, -0.05) is 32.4 Å². The standard InChI is InChI=1S/C17H23ClF3NO2/c1-15(2,3)13(14(23)24-16(4,5)6)22-12-8-10(17(19,20)21)7-11(18)9-12/h7-9,13,22H,1-6H3. The van der Waals surface area contributed by atoms with Crippen LogP contribution < -0.4 is 5.32 Å². The highest BCUT2D eigenvalue weighted by Gasteiger charge is 2.36. The summed E-state index contributed by atoms with van der Waals surface area (Å²) in [4.78, 5) is 12.4. The Kier molecular flexibility index (Phi) is 5.86. The quantitative estimate of drug-likeness (QED) is 0.716. The molecule has 24 heavy (non-hydrogen) atoms. The largest absolute Gasteiger partial charge is 0.458 e. The van der Waals surface area contributed by atoms with E-state index in [9.17, 15) is 18.0 Å². The van der Waals surface area contributed by atoms with E-state index in [4.69, 9.17) is 16.3 Å². The zero-order valence-electron chi connectivity index (χ0n) is 14.6. The van der Waals surface area contributed by atoms with Crippen LogP contribution in [0.15, 0.2) is 18.2 Å². The van der Waals surface area contributed by atoms with E-state index in [0.29, 0.717) is 0 Å². The van der Waals surface area contributed by atoms with Crippen LogP contribution in [0.5, 0.6) is 0 Å². The van der Waals surface area contributed by atoms with Crippen molar-refractivity contribution >= 4 is 23.3 Å². The van der Waals surface area contributed by atoms with Crippen molar-refractivity contribution in [2.75, 3.05) is 5.32 Å². The highest BCUT2D eigenvalue weighted by Crippen LogP contribution is 2.34. The number of halogens is 4. The van der Waals surface area contributed by atoms with E-state index in [-0.39, 0.29) is 10.7 Å². The molecule has 1 N–H and O–H groups in total. The van der Waals surface area contributed by atoms with Gasteiger partial charge in [0.1, 0.15) is 11.6 Å². The fourth-order valence-electron chi connectivity index (χ4n) is 1.99. The lowest BCUT2D eigenvalue weighted by Crippen LogP contribution is -2.44. The zero-order valence-corrected chi connectivity index (χ0v) is 15.4. The van der Waals surface area contributed by atoms with Crippen molar-refractivity contribution in [3.05, 3.63) is 28.8 Å². The molecule has 0 radical (unpaired) electrons. The van der Waals surface area contributed by atoms with Gasteiger partial charge in [-0.3, -0.25) is 0 Å². The average Bonchev–Trinajstić information content (AvgIpc) is 2.30. The van der Waals surface area contributed by atoms with Crippen LogP contribution in [0.4, 0.5) is 18.9 Å². The first-order valence-corrected chi connectivity index (χ1v) is 7.84. The predicted octanol–water partition coefficient (Wildman–Crippen LogP) is 5.53. The second-order valence-corrected chi connectivity index (χ2v) is 8.14. The minimum Gasteiger partial charge on any atom is -0.458 e. The minimum atomic E-state index is -4.52. The summed E-state index contributed by atoms with van der Waals surface area (Å²) in [6, 6.07) is 2.28. The summed E-state index contributed by atoms with van der Waals surface area (Å²) in [5.41, 5.74) is -2.05. The molecule has 1 rings (SSSR count). The Labute approximate surface area is 145 Å². The molecule has 0 aliphatic carbocycles. The third kappa shape index (κ3) is 6.23. The van der Waals surface area contributed by atoms with Gasteiger partial charge in [-0.05, 0) is 44.4 Å². The molecule has 0 fully saturated rings. The van der Waals surface area contributed by atoms with Crippen LogP contribution in [-0.2, 0) is 15.7 Å². The van der Waals surface area contributed by atoms with Gasteiger partial charge in [-0.25, -0.2) is 4.79 Å². The third-order valence-electron chi connectivity index (χ3n) is 3.04. The van der Waals surface area contributed by atoms with E-state index < -0.39 is 34.8 Å². The molecule has 0 bridgehead atoms. The van der Waals surface area contributed by atoms with Gasteiger partial charge < -0.3 is 10.1 Å². The first-order chi connectivity index (χ1) is 10.6. The molecule has 3 nitrogen and oxygen atoms in total. The van der Waals surface area contributed by atoms with E-state index in [2.05, 4.69) is 5.32 Å². The number of hydrogen-bond acceptors (Lipinski definition) is 3. The van der Waals surface area contributed by atoms with Gasteiger partial charge in [0.25, 0.3) is 0 Å². The number of anilines is 1. The van der Waals surface area contributed by atoms with E-state index in [1.54, 1.807) is 41.5 Å². The summed E-state index contributed by atoms with van der Waals surface area (Å²) < 4.78 is 44.1. The van der Waals surface area contributed by atoms with Gasteiger partial charge in [0.15, 0.2) is 0 Å². The van der Waals surface area contributed by atoms with Crippen LogP contribution in [-0.4, -0.2) is 17.6 Å². The van der Waals surface area contributed by atoms with Crippen molar-refractivity contribution in [1.29, 1.82) is 0 Å². The van der Waals surface area contributed by atoms with Crippen LogP contribution in [0.1, 0.15) is 47.1 Å². The van der Waals surface area contributed by atoms with Gasteiger partial charge in [-0.15, -0.1) is 0 Å². The van der Waals surface area contributed by atoms with Crippen LogP contribution in [0, 0.1) is 5.41 Å². The molecule has 0 saturated heterocycles. The molecule has 1 aromatic rings. The van der Waals surface area contributed by atoms with Crippen molar-refractivity contribution in [1.82, 2.24) is 0 Å². The number of nitrogens with one attached hydrogen (secondary N) is 1. The SMILES string of the molecule is CC(C)(C)OC(=O)C(Nc1cc(Cl)cc(C(F)(F)F)c1)C(C)(C)C. The number of alkyl halides is 3. The van der Waals surface area contributed by atoms with Gasteiger partial charge in [0, 0.05) is 10.7 Å². The monoisotopic (exact) mass is 365 g/mol.